The number of nitrogens with one attached hydrogen (secondary N) is 1. The summed E-state index contributed by atoms with van der Waals surface area (Å²) >= 11 is 13.0. The molecule has 2 aliphatic carbocycles. The molecule has 9 heteroatoms. The first kappa shape index (κ1) is 16.6. The molecular weight excluding hydrogens is 365 g/mol. The van der Waals surface area contributed by atoms with Crippen molar-refractivity contribution in [1.82, 2.24) is 20.6 Å². The maximum absolute atomic E-state index is 9.15. The summed E-state index contributed by atoms with van der Waals surface area (Å²) in [7, 11) is 0. The van der Waals surface area contributed by atoms with Gasteiger partial charge >= 0.3 is 0 Å². The molecule has 0 bridgehead atoms. The van der Waals surface area contributed by atoms with E-state index < -0.39 is 0 Å². The summed E-state index contributed by atoms with van der Waals surface area (Å²) in [5.41, 5.74) is 2.12. The van der Waals surface area contributed by atoms with E-state index in [1.165, 1.54) is 12.8 Å². The molecule has 7 nitrogen and oxygen atoms in total. The molecule has 1 heterocycles. The fourth-order valence-corrected chi connectivity index (χ4v) is 4.84. The van der Waals surface area contributed by atoms with E-state index in [2.05, 4.69) is 25.8 Å². The standard InChI is InChI=1S/C16H17Cl2N5O2/c17-14-11(25-8-12-20-22-23-21-12)5-9-6-16(3-1-2-4-16)10(7-19-24)13(9)15(14)18/h5,7,10,24H,1-4,6,8H2,(H,20,21,22,23)/b19-7-. The van der Waals surface area contributed by atoms with Crippen molar-refractivity contribution in [3.05, 3.63) is 33.1 Å². The Balaban J connectivity index is 1.70. The van der Waals surface area contributed by atoms with Crippen LogP contribution < -0.4 is 4.74 Å². The van der Waals surface area contributed by atoms with Gasteiger partial charge in [-0.1, -0.05) is 41.3 Å². The molecule has 1 unspecified atom stereocenters. The molecule has 1 aromatic heterocycles. The van der Waals surface area contributed by atoms with Crippen molar-refractivity contribution in [2.75, 3.05) is 0 Å². The van der Waals surface area contributed by atoms with Gasteiger partial charge in [-0.3, -0.25) is 0 Å². The number of hydrogen-bond acceptors (Lipinski definition) is 6. The van der Waals surface area contributed by atoms with Crippen molar-refractivity contribution in [3.8, 4) is 5.75 Å². The second kappa shape index (κ2) is 6.46. The number of benzene rings is 1. The Labute approximate surface area is 154 Å². The smallest absolute Gasteiger partial charge is 0.211 e. The fourth-order valence-electron chi connectivity index (χ4n) is 4.30. The summed E-state index contributed by atoms with van der Waals surface area (Å²) in [5.74, 6) is 0.918. The van der Waals surface area contributed by atoms with Crippen molar-refractivity contribution in [3.63, 3.8) is 0 Å². The van der Waals surface area contributed by atoms with Gasteiger partial charge in [-0.15, -0.1) is 15.4 Å². The van der Waals surface area contributed by atoms with Gasteiger partial charge in [-0.05, 0) is 41.9 Å². The van der Waals surface area contributed by atoms with Gasteiger partial charge in [-0.25, -0.2) is 0 Å². The fraction of sp³-hybridized carbons (Fsp3) is 0.500. The summed E-state index contributed by atoms with van der Waals surface area (Å²) in [5, 5.41) is 26.9. The number of oxime groups is 1. The van der Waals surface area contributed by atoms with Crippen LogP contribution in [0.1, 0.15) is 48.6 Å². The van der Waals surface area contributed by atoms with Crippen LogP contribution in [0.4, 0.5) is 0 Å². The number of halogens is 2. The Morgan fingerprint density at radius 1 is 1.36 bits per heavy atom. The van der Waals surface area contributed by atoms with Crippen LogP contribution in [0.25, 0.3) is 0 Å². The number of aromatic amines is 1. The first-order chi connectivity index (χ1) is 12.1. The van der Waals surface area contributed by atoms with Gasteiger partial charge in [0.25, 0.3) is 0 Å². The number of rotatable bonds is 4. The Bertz CT molecular complexity index is 803. The SMILES string of the molecule is O/N=C\C1c2c(cc(OCc3nn[nH]n3)c(Cl)c2Cl)CC12CCCC2. The molecule has 0 radical (unpaired) electrons. The molecule has 1 spiro atoms. The third-order valence-electron chi connectivity index (χ3n) is 5.37. The van der Waals surface area contributed by atoms with E-state index in [9.17, 15) is 0 Å². The minimum Gasteiger partial charge on any atom is -0.484 e. The molecule has 1 fully saturated rings. The molecule has 2 aliphatic rings. The van der Waals surface area contributed by atoms with Crippen LogP contribution in [0.15, 0.2) is 11.2 Å². The largest absolute Gasteiger partial charge is 0.484 e. The highest BCUT2D eigenvalue weighted by molar-refractivity contribution is 6.43. The molecule has 132 valence electrons. The average Bonchev–Trinajstić information content (AvgIpc) is 3.33. The molecular formula is C16H17Cl2N5O2. The number of hydrogen-bond donors (Lipinski definition) is 2. The molecule has 0 aliphatic heterocycles. The Morgan fingerprint density at radius 2 is 2.16 bits per heavy atom. The van der Waals surface area contributed by atoms with Gasteiger partial charge in [0, 0.05) is 5.92 Å². The third kappa shape index (κ3) is 2.75. The van der Waals surface area contributed by atoms with Crippen LogP contribution >= 0.6 is 23.2 Å². The first-order valence-electron chi connectivity index (χ1n) is 8.18. The van der Waals surface area contributed by atoms with E-state index in [0.29, 0.717) is 21.6 Å². The summed E-state index contributed by atoms with van der Waals surface area (Å²) in [6, 6.07) is 1.94. The number of H-pyrrole nitrogens is 1. The molecule has 1 saturated carbocycles. The van der Waals surface area contributed by atoms with Crippen molar-refractivity contribution >= 4 is 29.4 Å². The van der Waals surface area contributed by atoms with Crippen LogP contribution in [0.5, 0.6) is 5.75 Å². The average molecular weight is 382 g/mol. The Kier molecular flexibility index (Phi) is 4.29. The van der Waals surface area contributed by atoms with Crippen molar-refractivity contribution in [2.24, 2.45) is 10.6 Å². The molecule has 1 atom stereocenters. The number of aromatic nitrogens is 4. The second-order valence-corrected chi connectivity index (χ2v) is 7.44. The van der Waals surface area contributed by atoms with Gasteiger partial charge in [0.05, 0.1) is 11.2 Å². The quantitative estimate of drug-likeness (QED) is 0.477. The first-order valence-corrected chi connectivity index (χ1v) is 8.94. The van der Waals surface area contributed by atoms with Crippen molar-refractivity contribution in [2.45, 2.75) is 44.6 Å². The van der Waals surface area contributed by atoms with Gasteiger partial charge in [0.15, 0.2) is 6.61 Å². The third-order valence-corrected chi connectivity index (χ3v) is 6.24. The minimum atomic E-state index is -0.0220. The number of nitrogens with zero attached hydrogens (tertiary/aromatic N) is 4. The number of tetrazole rings is 1. The summed E-state index contributed by atoms with van der Waals surface area (Å²) in [4.78, 5) is 0. The molecule has 2 N–H and O–H groups in total. The van der Waals surface area contributed by atoms with E-state index in [4.69, 9.17) is 33.1 Å². The van der Waals surface area contributed by atoms with E-state index in [-0.39, 0.29) is 17.9 Å². The molecule has 0 amide bonds. The predicted molar refractivity (Wildman–Crippen MR) is 92.6 cm³/mol. The van der Waals surface area contributed by atoms with Crippen LogP contribution in [-0.2, 0) is 13.0 Å². The van der Waals surface area contributed by atoms with Gasteiger partial charge in [0.1, 0.15) is 10.8 Å². The van der Waals surface area contributed by atoms with Crippen LogP contribution in [-0.4, -0.2) is 32.0 Å². The maximum Gasteiger partial charge on any atom is 0.211 e. The highest BCUT2D eigenvalue weighted by atomic mass is 35.5. The van der Waals surface area contributed by atoms with E-state index in [1.807, 2.05) is 6.07 Å². The Morgan fingerprint density at radius 3 is 2.84 bits per heavy atom. The van der Waals surface area contributed by atoms with E-state index in [1.54, 1.807) is 6.21 Å². The molecule has 4 rings (SSSR count). The lowest BCUT2D eigenvalue weighted by atomic mass is 9.75. The zero-order valence-corrected chi connectivity index (χ0v) is 14.9. The van der Waals surface area contributed by atoms with Crippen molar-refractivity contribution in [1.29, 1.82) is 0 Å². The molecule has 25 heavy (non-hydrogen) atoms. The lowest BCUT2D eigenvalue weighted by molar-refractivity contribution is 0.284. The summed E-state index contributed by atoms with van der Waals surface area (Å²) < 4.78 is 5.75. The maximum atomic E-state index is 9.15. The molecule has 0 saturated heterocycles. The highest BCUT2D eigenvalue weighted by Crippen LogP contribution is 2.59. The van der Waals surface area contributed by atoms with Crippen LogP contribution in [0, 0.1) is 5.41 Å². The predicted octanol–water partition coefficient (Wildman–Crippen LogP) is 3.75. The van der Waals surface area contributed by atoms with Crippen molar-refractivity contribution < 1.29 is 9.94 Å². The molecule has 1 aromatic carbocycles. The summed E-state index contributed by atoms with van der Waals surface area (Å²) in [6.07, 6.45) is 7.01. The zero-order chi connectivity index (χ0) is 17.4. The van der Waals surface area contributed by atoms with Gasteiger partial charge in [0.2, 0.25) is 5.82 Å². The normalized spacial score (nSPS) is 21.3. The van der Waals surface area contributed by atoms with E-state index in [0.717, 1.165) is 30.4 Å². The minimum absolute atomic E-state index is 0.0220. The monoisotopic (exact) mass is 381 g/mol. The lowest BCUT2D eigenvalue weighted by Crippen LogP contribution is -2.23. The second-order valence-electron chi connectivity index (χ2n) is 6.68. The molecule has 2 aromatic rings. The number of fused-ring (bicyclic) bond motifs is 1. The van der Waals surface area contributed by atoms with Crippen LogP contribution in [0.3, 0.4) is 0 Å². The van der Waals surface area contributed by atoms with Crippen LogP contribution in [0.2, 0.25) is 10.0 Å². The lowest BCUT2D eigenvalue weighted by Gasteiger charge is -2.28. The van der Waals surface area contributed by atoms with Gasteiger partial charge < -0.3 is 9.94 Å². The summed E-state index contributed by atoms with van der Waals surface area (Å²) in [6.45, 7) is 0.151. The Hall–Kier alpha value is -1.86. The highest BCUT2D eigenvalue weighted by Gasteiger charge is 2.48. The van der Waals surface area contributed by atoms with Gasteiger partial charge in [-0.2, -0.15) is 5.21 Å². The van der Waals surface area contributed by atoms with E-state index >= 15 is 0 Å². The zero-order valence-electron chi connectivity index (χ0n) is 13.4. The topological polar surface area (TPSA) is 96.3 Å². The number of ether oxygens (including phenoxy) is 1.